The van der Waals surface area contributed by atoms with Gasteiger partial charge in [-0.2, -0.15) is 0 Å². The highest BCUT2D eigenvalue weighted by Crippen LogP contribution is 2.40. The summed E-state index contributed by atoms with van der Waals surface area (Å²) in [5.74, 6) is 2.24. The highest BCUT2D eigenvalue weighted by atomic mass is 16.7. The summed E-state index contributed by atoms with van der Waals surface area (Å²) in [5, 5.41) is 72.4. The van der Waals surface area contributed by atoms with Gasteiger partial charge in [0.1, 0.15) is 48.5 Å². The van der Waals surface area contributed by atoms with Crippen LogP contribution >= 0.6 is 0 Å². The fourth-order valence-electron chi connectivity index (χ4n) is 5.45. The van der Waals surface area contributed by atoms with Gasteiger partial charge in [0.25, 0.3) is 0 Å². The Morgan fingerprint density at radius 1 is 0.844 bits per heavy atom. The summed E-state index contributed by atoms with van der Waals surface area (Å²) in [5.41, 5.74) is 1.79. The molecular formula is C30H36O15. The maximum absolute atomic E-state index is 11.0. The maximum atomic E-state index is 11.0. The van der Waals surface area contributed by atoms with Crippen LogP contribution in [0.4, 0.5) is 0 Å². The van der Waals surface area contributed by atoms with Crippen molar-refractivity contribution in [2.75, 3.05) is 33.7 Å². The smallest absolute Gasteiger partial charge is 0.231 e. The number of aliphatic hydroxyl groups is 7. The Morgan fingerprint density at radius 3 is 2.42 bits per heavy atom. The second-order valence-electron chi connectivity index (χ2n) is 11.1. The van der Waals surface area contributed by atoms with Crippen molar-refractivity contribution in [3.63, 3.8) is 0 Å². The lowest BCUT2D eigenvalue weighted by Crippen LogP contribution is -2.60. The Bertz CT molecular complexity index is 1460. The summed E-state index contributed by atoms with van der Waals surface area (Å²) in [4.78, 5) is 0. The SMILES string of the molecule is COc1cc(C(O)CCO[C@@H]2O[C@H](CO[C@@H]3OC[C@@H](O)[C@H](O)[C@H]3O)[C@@H](O)[C@H](O)[C@H]2O)cc2cc(-c3ccc4c(c3)OCO4)oc12. The van der Waals surface area contributed by atoms with E-state index in [0.717, 1.165) is 5.56 Å². The minimum Gasteiger partial charge on any atom is -0.493 e. The number of benzene rings is 2. The summed E-state index contributed by atoms with van der Waals surface area (Å²) < 4.78 is 44.3. The molecule has 246 valence electrons. The minimum absolute atomic E-state index is 0.0657. The van der Waals surface area contributed by atoms with Crippen LogP contribution in [0.15, 0.2) is 40.8 Å². The van der Waals surface area contributed by atoms with Gasteiger partial charge >= 0.3 is 0 Å². The van der Waals surface area contributed by atoms with Crippen molar-refractivity contribution in [3.8, 4) is 28.6 Å². The second kappa shape index (κ2) is 13.4. The molecule has 0 radical (unpaired) electrons. The van der Waals surface area contributed by atoms with E-state index in [1.54, 1.807) is 18.2 Å². The van der Waals surface area contributed by atoms with Crippen molar-refractivity contribution < 1.29 is 73.3 Å². The molecular weight excluding hydrogens is 600 g/mol. The van der Waals surface area contributed by atoms with Gasteiger partial charge in [-0.3, -0.25) is 0 Å². The first-order valence-electron chi connectivity index (χ1n) is 14.4. The van der Waals surface area contributed by atoms with Gasteiger partial charge in [-0.25, -0.2) is 0 Å². The lowest BCUT2D eigenvalue weighted by Gasteiger charge is -2.41. The molecule has 2 fully saturated rings. The zero-order valence-corrected chi connectivity index (χ0v) is 24.2. The third-order valence-corrected chi connectivity index (χ3v) is 8.09. The Morgan fingerprint density at radius 2 is 1.62 bits per heavy atom. The second-order valence-corrected chi connectivity index (χ2v) is 11.1. The van der Waals surface area contributed by atoms with Gasteiger partial charge in [0.15, 0.2) is 35.4 Å². The van der Waals surface area contributed by atoms with Gasteiger partial charge in [-0.15, -0.1) is 0 Å². The van der Waals surface area contributed by atoms with Gasteiger partial charge in [-0.1, -0.05) is 0 Å². The minimum atomic E-state index is -1.65. The Labute approximate surface area is 256 Å². The van der Waals surface area contributed by atoms with Crippen LogP contribution in [0.5, 0.6) is 17.2 Å². The van der Waals surface area contributed by atoms with Crippen LogP contribution in [0.2, 0.25) is 0 Å². The molecule has 10 atom stereocenters. The summed E-state index contributed by atoms with van der Waals surface area (Å²) >= 11 is 0. The monoisotopic (exact) mass is 636 g/mol. The van der Waals surface area contributed by atoms with Crippen molar-refractivity contribution in [2.45, 2.75) is 67.8 Å². The number of methoxy groups -OCH3 is 1. The largest absolute Gasteiger partial charge is 0.493 e. The predicted octanol–water partition coefficient (Wildman–Crippen LogP) is -0.460. The molecule has 2 aromatic carbocycles. The van der Waals surface area contributed by atoms with Gasteiger partial charge in [0.2, 0.25) is 6.79 Å². The average molecular weight is 637 g/mol. The van der Waals surface area contributed by atoms with Gasteiger partial charge in [0, 0.05) is 17.4 Å². The summed E-state index contributed by atoms with van der Waals surface area (Å²) in [6.07, 6.45) is -14.1. The molecule has 0 aliphatic carbocycles. The molecule has 45 heavy (non-hydrogen) atoms. The molecule has 7 N–H and O–H groups in total. The predicted molar refractivity (Wildman–Crippen MR) is 150 cm³/mol. The van der Waals surface area contributed by atoms with Crippen molar-refractivity contribution in [3.05, 3.63) is 42.0 Å². The molecule has 15 heteroatoms. The fourth-order valence-corrected chi connectivity index (χ4v) is 5.45. The number of fused-ring (bicyclic) bond motifs is 2. The van der Waals surface area contributed by atoms with Gasteiger partial charge in [-0.05, 0) is 42.0 Å². The lowest BCUT2D eigenvalue weighted by molar-refractivity contribution is -0.321. The highest BCUT2D eigenvalue weighted by molar-refractivity contribution is 5.88. The molecule has 1 aromatic heterocycles. The lowest BCUT2D eigenvalue weighted by atomic mass is 9.99. The Hall–Kier alpha value is -3.06. The number of hydrogen-bond acceptors (Lipinski definition) is 15. The zero-order valence-electron chi connectivity index (χ0n) is 24.2. The van der Waals surface area contributed by atoms with Crippen LogP contribution in [0.3, 0.4) is 0 Å². The van der Waals surface area contributed by atoms with Crippen LogP contribution in [-0.4, -0.2) is 125 Å². The molecule has 4 heterocycles. The molecule has 2 saturated heterocycles. The first kappa shape index (κ1) is 31.9. The molecule has 0 spiro atoms. The topological polar surface area (TPSA) is 219 Å². The number of aliphatic hydroxyl groups excluding tert-OH is 7. The first-order valence-corrected chi connectivity index (χ1v) is 14.4. The van der Waals surface area contributed by atoms with E-state index in [2.05, 4.69) is 0 Å². The number of ether oxygens (including phenoxy) is 7. The van der Waals surface area contributed by atoms with E-state index in [1.807, 2.05) is 18.2 Å². The summed E-state index contributed by atoms with van der Waals surface area (Å²) in [7, 11) is 1.49. The normalized spacial score (nSPS) is 32.1. The van der Waals surface area contributed by atoms with Crippen LogP contribution in [0.1, 0.15) is 18.1 Å². The van der Waals surface area contributed by atoms with E-state index in [1.165, 1.54) is 7.11 Å². The summed E-state index contributed by atoms with van der Waals surface area (Å²) in [6, 6.07) is 10.7. The van der Waals surface area contributed by atoms with Crippen LogP contribution < -0.4 is 14.2 Å². The van der Waals surface area contributed by atoms with Crippen molar-refractivity contribution in [1.29, 1.82) is 0 Å². The molecule has 15 nitrogen and oxygen atoms in total. The number of hydrogen-bond donors (Lipinski definition) is 7. The van der Waals surface area contributed by atoms with Gasteiger partial charge in [0.05, 0.1) is 33.0 Å². The third kappa shape index (κ3) is 6.47. The van der Waals surface area contributed by atoms with E-state index >= 15 is 0 Å². The Balaban J connectivity index is 1.07. The quantitative estimate of drug-likeness (QED) is 0.150. The maximum Gasteiger partial charge on any atom is 0.231 e. The Kier molecular flexibility index (Phi) is 9.47. The van der Waals surface area contributed by atoms with Crippen LogP contribution in [0.25, 0.3) is 22.3 Å². The fraction of sp³-hybridized carbons (Fsp3) is 0.533. The highest BCUT2D eigenvalue weighted by Gasteiger charge is 2.46. The average Bonchev–Trinajstić information content (AvgIpc) is 3.70. The molecule has 3 aromatic rings. The molecule has 3 aliphatic heterocycles. The van der Waals surface area contributed by atoms with E-state index in [9.17, 15) is 35.7 Å². The molecule has 1 unspecified atom stereocenters. The molecule has 0 bridgehead atoms. The van der Waals surface area contributed by atoms with Crippen molar-refractivity contribution in [2.24, 2.45) is 0 Å². The molecule has 0 saturated carbocycles. The molecule has 0 amide bonds. The van der Waals surface area contributed by atoms with E-state index < -0.39 is 68.0 Å². The molecule has 3 aliphatic rings. The van der Waals surface area contributed by atoms with Crippen molar-refractivity contribution >= 4 is 11.0 Å². The van der Waals surface area contributed by atoms with E-state index in [4.69, 9.17) is 37.6 Å². The molecule has 6 rings (SSSR count). The number of rotatable bonds is 10. The number of furan rings is 1. The first-order chi connectivity index (χ1) is 21.6. The van der Waals surface area contributed by atoms with Crippen LogP contribution in [0, 0.1) is 0 Å². The summed E-state index contributed by atoms with van der Waals surface area (Å²) in [6.45, 7) is -0.647. The third-order valence-electron chi connectivity index (χ3n) is 8.09. The zero-order chi connectivity index (χ0) is 31.8. The van der Waals surface area contributed by atoms with Crippen molar-refractivity contribution in [1.82, 2.24) is 0 Å². The van der Waals surface area contributed by atoms with Crippen LogP contribution in [-0.2, 0) is 18.9 Å². The van der Waals surface area contributed by atoms with E-state index in [0.29, 0.717) is 39.5 Å². The standard InChI is InChI=1S/C30H36O15/c1-38-21-8-14(6-15-9-19(44-28(15)21)13-2-3-18-20(7-13)43-12-42-18)16(31)4-5-39-30-27(37)25(35)24(34)22(45-30)11-41-29-26(36)23(33)17(32)10-40-29/h2-3,6-9,16-17,22-27,29-37H,4-5,10-12H2,1H3/t16?,17-,22-,23+,24-,25+,26-,27-,29+,30-/m1/s1. The van der Waals surface area contributed by atoms with Gasteiger partial charge < -0.3 is 73.3 Å². The van der Waals surface area contributed by atoms with E-state index in [-0.39, 0.29) is 26.4 Å².